The van der Waals surface area contributed by atoms with Gasteiger partial charge in [0.05, 0.1) is 13.2 Å². The number of rotatable bonds is 9. The van der Waals surface area contributed by atoms with Crippen LogP contribution in [-0.4, -0.2) is 44.4 Å². The van der Waals surface area contributed by atoms with Crippen molar-refractivity contribution >= 4 is 5.96 Å². The normalized spacial score (nSPS) is 14.7. The minimum absolute atomic E-state index is 0.490. The van der Waals surface area contributed by atoms with Crippen LogP contribution < -0.4 is 15.4 Å². The van der Waals surface area contributed by atoms with Crippen molar-refractivity contribution in [3.63, 3.8) is 0 Å². The number of aliphatic imine (C=N–C) groups is 1. The summed E-state index contributed by atoms with van der Waals surface area (Å²) in [6, 6.07) is 3.89. The van der Waals surface area contributed by atoms with E-state index in [2.05, 4.69) is 27.5 Å². The number of pyridine rings is 1. The second kappa shape index (κ2) is 9.25. The van der Waals surface area contributed by atoms with Gasteiger partial charge in [0, 0.05) is 32.0 Å². The summed E-state index contributed by atoms with van der Waals surface area (Å²) in [4.78, 5) is 8.89. The lowest BCUT2D eigenvalue weighted by Gasteiger charge is -2.12. The molecule has 0 atom stereocenters. The zero-order chi connectivity index (χ0) is 15.6. The third-order valence-corrected chi connectivity index (χ3v) is 3.38. The quantitative estimate of drug-likeness (QED) is 0.412. The van der Waals surface area contributed by atoms with Crippen molar-refractivity contribution in [1.29, 1.82) is 0 Å². The molecule has 1 fully saturated rings. The van der Waals surface area contributed by atoms with Gasteiger partial charge in [-0.05, 0) is 31.7 Å². The van der Waals surface area contributed by atoms with Gasteiger partial charge in [0.15, 0.2) is 5.96 Å². The van der Waals surface area contributed by atoms with Crippen LogP contribution >= 0.6 is 0 Å². The summed E-state index contributed by atoms with van der Waals surface area (Å²) in [5, 5.41) is 6.65. The van der Waals surface area contributed by atoms with Crippen LogP contribution in [-0.2, 0) is 11.3 Å². The Balaban J connectivity index is 1.92. The van der Waals surface area contributed by atoms with E-state index in [1.807, 2.05) is 12.1 Å². The molecule has 2 rings (SSSR count). The molecule has 0 radical (unpaired) electrons. The first kappa shape index (κ1) is 16.5. The first-order chi connectivity index (χ1) is 10.8. The van der Waals surface area contributed by atoms with Crippen LogP contribution in [0.25, 0.3) is 0 Å². The highest BCUT2D eigenvalue weighted by Crippen LogP contribution is 2.27. The minimum Gasteiger partial charge on any atom is -0.475 e. The highest BCUT2D eigenvalue weighted by atomic mass is 16.5. The maximum absolute atomic E-state index is 5.63. The number of methoxy groups -OCH3 is 1. The molecule has 1 heterocycles. The Morgan fingerprint density at radius 2 is 2.23 bits per heavy atom. The Kier molecular flexibility index (Phi) is 6.96. The smallest absolute Gasteiger partial charge is 0.218 e. The van der Waals surface area contributed by atoms with Crippen molar-refractivity contribution in [3.8, 4) is 5.88 Å². The molecule has 6 nitrogen and oxygen atoms in total. The molecular weight excluding hydrogens is 280 g/mol. The SMILES string of the molecule is CCNC(=NCc1cccnc1OCCOC)NCC1CC1. The predicted octanol–water partition coefficient (Wildman–Crippen LogP) is 1.57. The largest absolute Gasteiger partial charge is 0.475 e. The van der Waals surface area contributed by atoms with E-state index in [9.17, 15) is 0 Å². The van der Waals surface area contributed by atoms with Gasteiger partial charge < -0.3 is 20.1 Å². The van der Waals surface area contributed by atoms with Gasteiger partial charge in [0.25, 0.3) is 0 Å². The van der Waals surface area contributed by atoms with Gasteiger partial charge in [-0.15, -0.1) is 0 Å². The van der Waals surface area contributed by atoms with Gasteiger partial charge in [-0.25, -0.2) is 9.98 Å². The number of ether oxygens (including phenoxy) is 2. The molecule has 0 aliphatic heterocycles. The zero-order valence-corrected chi connectivity index (χ0v) is 13.5. The van der Waals surface area contributed by atoms with E-state index in [0.29, 0.717) is 25.6 Å². The van der Waals surface area contributed by atoms with Crippen LogP contribution in [0.4, 0.5) is 0 Å². The minimum atomic E-state index is 0.490. The molecule has 0 aromatic carbocycles. The second-order valence-electron chi connectivity index (χ2n) is 5.33. The summed E-state index contributed by atoms with van der Waals surface area (Å²) < 4.78 is 10.6. The number of nitrogens with zero attached hydrogens (tertiary/aromatic N) is 2. The lowest BCUT2D eigenvalue weighted by molar-refractivity contribution is 0.143. The molecule has 0 bridgehead atoms. The number of guanidine groups is 1. The molecule has 6 heteroatoms. The van der Waals surface area contributed by atoms with Gasteiger partial charge >= 0.3 is 0 Å². The molecule has 0 saturated heterocycles. The summed E-state index contributed by atoms with van der Waals surface area (Å²) in [5.74, 6) is 2.29. The standard InChI is InChI=1S/C16H26N4O2/c1-3-17-16(19-11-13-6-7-13)20-12-14-5-4-8-18-15(14)22-10-9-21-2/h4-5,8,13H,3,6-7,9-12H2,1-2H3,(H2,17,19,20). The lowest BCUT2D eigenvalue weighted by Crippen LogP contribution is -2.38. The molecule has 1 saturated carbocycles. The van der Waals surface area contributed by atoms with Crippen LogP contribution in [0.5, 0.6) is 5.88 Å². The van der Waals surface area contributed by atoms with E-state index in [-0.39, 0.29) is 0 Å². The molecule has 0 spiro atoms. The summed E-state index contributed by atoms with van der Waals surface area (Å²) in [7, 11) is 1.65. The van der Waals surface area contributed by atoms with Crippen molar-refractivity contribution in [2.24, 2.45) is 10.9 Å². The number of hydrogen-bond acceptors (Lipinski definition) is 4. The summed E-state index contributed by atoms with van der Waals surface area (Å²) in [6.07, 6.45) is 4.38. The molecule has 1 aliphatic carbocycles. The van der Waals surface area contributed by atoms with Crippen molar-refractivity contribution in [3.05, 3.63) is 23.9 Å². The Labute approximate surface area is 132 Å². The van der Waals surface area contributed by atoms with Crippen molar-refractivity contribution in [2.75, 3.05) is 33.4 Å². The molecule has 0 unspecified atom stereocenters. The third-order valence-electron chi connectivity index (χ3n) is 3.38. The van der Waals surface area contributed by atoms with Crippen molar-refractivity contribution in [2.45, 2.75) is 26.3 Å². The van der Waals surface area contributed by atoms with Crippen LogP contribution in [0.15, 0.2) is 23.3 Å². The first-order valence-corrected chi connectivity index (χ1v) is 7.91. The maximum Gasteiger partial charge on any atom is 0.218 e. The Morgan fingerprint density at radius 3 is 2.95 bits per heavy atom. The summed E-state index contributed by atoms with van der Waals surface area (Å²) in [6.45, 7) is 5.49. The van der Waals surface area contributed by atoms with Crippen LogP contribution in [0.1, 0.15) is 25.3 Å². The monoisotopic (exact) mass is 306 g/mol. The van der Waals surface area contributed by atoms with Crippen LogP contribution in [0.2, 0.25) is 0 Å². The van der Waals surface area contributed by atoms with E-state index < -0.39 is 0 Å². The van der Waals surface area contributed by atoms with Crippen LogP contribution in [0.3, 0.4) is 0 Å². The molecule has 1 aliphatic rings. The lowest BCUT2D eigenvalue weighted by atomic mass is 10.3. The zero-order valence-electron chi connectivity index (χ0n) is 13.5. The number of hydrogen-bond donors (Lipinski definition) is 2. The fourth-order valence-electron chi connectivity index (χ4n) is 1.97. The Morgan fingerprint density at radius 1 is 1.36 bits per heavy atom. The molecular formula is C16H26N4O2. The van der Waals surface area contributed by atoms with Gasteiger partial charge in [-0.1, -0.05) is 6.07 Å². The molecule has 2 N–H and O–H groups in total. The average Bonchev–Trinajstić information content (AvgIpc) is 3.36. The highest BCUT2D eigenvalue weighted by molar-refractivity contribution is 5.79. The van der Waals surface area contributed by atoms with Crippen molar-refractivity contribution in [1.82, 2.24) is 15.6 Å². The molecule has 0 amide bonds. The van der Waals surface area contributed by atoms with Crippen molar-refractivity contribution < 1.29 is 9.47 Å². The summed E-state index contributed by atoms with van der Waals surface area (Å²) >= 11 is 0. The van der Waals surface area contributed by atoms with Gasteiger partial charge in [0.1, 0.15) is 6.61 Å². The first-order valence-electron chi connectivity index (χ1n) is 7.91. The van der Waals surface area contributed by atoms with E-state index in [4.69, 9.17) is 9.47 Å². The topological polar surface area (TPSA) is 67.8 Å². The van der Waals surface area contributed by atoms with Gasteiger partial charge in [0.2, 0.25) is 5.88 Å². The number of aromatic nitrogens is 1. The fraction of sp³-hybridized carbons (Fsp3) is 0.625. The molecule has 22 heavy (non-hydrogen) atoms. The second-order valence-corrected chi connectivity index (χ2v) is 5.33. The Hall–Kier alpha value is -1.82. The van der Waals surface area contributed by atoms with Crippen LogP contribution in [0, 0.1) is 5.92 Å². The molecule has 1 aromatic rings. The molecule has 122 valence electrons. The van der Waals surface area contributed by atoms with E-state index in [1.54, 1.807) is 13.3 Å². The highest BCUT2D eigenvalue weighted by Gasteiger charge is 2.21. The number of nitrogens with one attached hydrogen (secondary N) is 2. The molecule has 1 aromatic heterocycles. The van der Waals surface area contributed by atoms with E-state index >= 15 is 0 Å². The Bertz CT molecular complexity index is 475. The average molecular weight is 306 g/mol. The fourth-order valence-corrected chi connectivity index (χ4v) is 1.97. The van der Waals surface area contributed by atoms with Gasteiger partial charge in [-0.2, -0.15) is 0 Å². The van der Waals surface area contributed by atoms with E-state index in [0.717, 1.165) is 30.5 Å². The maximum atomic E-state index is 5.63. The van der Waals surface area contributed by atoms with E-state index in [1.165, 1.54) is 12.8 Å². The third kappa shape index (κ3) is 5.89. The van der Waals surface area contributed by atoms with Gasteiger partial charge in [-0.3, -0.25) is 0 Å². The summed E-state index contributed by atoms with van der Waals surface area (Å²) in [5.41, 5.74) is 0.974. The predicted molar refractivity (Wildman–Crippen MR) is 87.2 cm³/mol.